The summed E-state index contributed by atoms with van der Waals surface area (Å²) in [7, 11) is 3.14. The van der Waals surface area contributed by atoms with Gasteiger partial charge in [0.15, 0.2) is 0 Å². The molecule has 0 aliphatic rings. The predicted molar refractivity (Wildman–Crippen MR) is 112 cm³/mol. The molecule has 0 saturated heterocycles. The molecule has 2 aromatic carbocycles. The molecule has 32 heavy (non-hydrogen) atoms. The summed E-state index contributed by atoms with van der Waals surface area (Å²) in [6.07, 6.45) is -0.411. The van der Waals surface area contributed by atoms with Gasteiger partial charge in [-0.1, -0.05) is 0 Å². The number of anilines is 2. The van der Waals surface area contributed by atoms with Crippen LogP contribution in [-0.4, -0.2) is 39.6 Å². The monoisotopic (exact) mass is 445 g/mol. The van der Waals surface area contributed by atoms with Crippen molar-refractivity contribution in [3.8, 4) is 17.0 Å². The third-order valence-corrected chi connectivity index (χ3v) is 4.86. The summed E-state index contributed by atoms with van der Waals surface area (Å²) in [4.78, 5) is 10.4. The molecule has 166 valence electrons. The van der Waals surface area contributed by atoms with E-state index in [0.717, 1.165) is 11.6 Å². The van der Waals surface area contributed by atoms with Gasteiger partial charge in [-0.3, -0.25) is 9.67 Å². The Balaban J connectivity index is 1.78. The lowest BCUT2D eigenvalue weighted by Gasteiger charge is -2.26. The van der Waals surface area contributed by atoms with Crippen molar-refractivity contribution < 1.29 is 22.3 Å². The Morgan fingerprint density at radius 2 is 1.84 bits per heavy atom. The predicted octanol–water partition coefficient (Wildman–Crippen LogP) is 5.27. The van der Waals surface area contributed by atoms with Crippen molar-refractivity contribution in [3.63, 3.8) is 0 Å². The third-order valence-electron chi connectivity index (χ3n) is 4.86. The molecule has 2 heterocycles. The van der Waals surface area contributed by atoms with Crippen molar-refractivity contribution in [3.05, 3.63) is 60.8 Å². The Labute approximate surface area is 181 Å². The molecule has 0 bridgehead atoms. The van der Waals surface area contributed by atoms with Crippen LogP contribution in [0, 0.1) is 5.82 Å². The Morgan fingerprint density at radius 1 is 1.03 bits per heavy atom. The van der Waals surface area contributed by atoms with E-state index in [2.05, 4.69) is 15.1 Å². The van der Waals surface area contributed by atoms with Crippen LogP contribution < -0.4 is 9.64 Å². The largest absolute Gasteiger partial charge is 0.497 e. The maximum atomic E-state index is 14.1. The highest BCUT2D eigenvalue weighted by atomic mass is 19.4. The Morgan fingerprint density at radius 3 is 2.53 bits per heavy atom. The highest BCUT2D eigenvalue weighted by molar-refractivity contribution is 5.82. The SMILES string of the molecule is COc1cc(F)cc(N(CCC(F)(F)F)c2ccc3ncc(-c4cnn(C)c4)nc3c2)c1. The van der Waals surface area contributed by atoms with E-state index in [9.17, 15) is 17.6 Å². The highest BCUT2D eigenvalue weighted by Crippen LogP contribution is 2.33. The molecule has 0 fully saturated rings. The van der Waals surface area contributed by atoms with Gasteiger partial charge < -0.3 is 9.64 Å². The molecule has 0 unspecified atom stereocenters. The summed E-state index contributed by atoms with van der Waals surface area (Å²) >= 11 is 0. The number of hydrogen-bond acceptors (Lipinski definition) is 5. The molecule has 4 rings (SSSR count). The first kappa shape index (κ1) is 21.5. The average Bonchev–Trinajstić information content (AvgIpc) is 3.18. The van der Waals surface area contributed by atoms with Crippen LogP contribution in [0.3, 0.4) is 0 Å². The van der Waals surface area contributed by atoms with E-state index >= 15 is 0 Å². The minimum Gasteiger partial charge on any atom is -0.497 e. The van der Waals surface area contributed by atoms with Gasteiger partial charge in [-0.05, 0) is 24.3 Å². The molecular weight excluding hydrogens is 426 g/mol. The van der Waals surface area contributed by atoms with Crippen molar-refractivity contribution in [2.24, 2.45) is 7.05 Å². The number of aromatic nitrogens is 4. The maximum absolute atomic E-state index is 14.1. The van der Waals surface area contributed by atoms with Crippen LogP contribution in [-0.2, 0) is 7.05 Å². The number of fused-ring (bicyclic) bond motifs is 1. The summed E-state index contributed by atoms with van der Waals surface area (Å²) in [5.41, 5.74) is 3.07. The van der Waals surface area contributed by atoms with E-state index in [1.165, 1.54) is 24.1 Å². The Kier molecular flexibility index (Phi) is 5.68. The van der Waals surface area contributed by atoms with E-state index in [4.69, 9.17) is 4.74 Å². The second-order valence-corrected chi connectivity index (χ2v) is 7.20. The molecule has 10 heteroatoms. The summed E-state index contributed by atoms with van der Waals surface area (Å²) in [5, 5.41) is 4.12. The molecule has 0 saturated carbocycles. The lowest BCUT2D eigenvalue weighted by molar-refractivity contribution is -0.132. The number of hydrogen-bond donors (Lipinski definition) is 0. The standard InChI is InChI=1S/C22H19F4N5O/c1-30-13-14(11-28-30)21-12-27-19-4-3-16(10-20(19)29-21)31(6-5-22(24,25)26)17-7-15(23)8-18(9-17)32-2/h3-4,7-13H,5-6H2,1-2H3. The molecule has 4 aromatic rings. The van der Waals surface area contributed by atoms with Gasteiger partial charge in [0.2, 0.25) is 0 Å². The lowest BCUT2D eigenvalue weighted by Crippen LogP contribution is -2.24. The van der Waals surface area contributed by atoms with Gasteiger partial charge in [-0.15, -0.1) is 0 Å². The lowest BCUT2D eigenvalue weighted by atomic mass is 10.2. The molecule has 0 radical (unpaired) electrons. The van der Waals surface area contributed by atoms with Gasteiger partial charge in [0.1, 0.15) is 11.6 Å². The van der Waals surface area contributed by atoms with E-state index < -0.39 is 25.0 Å². The second kappa shape index (κ2) is 8.45. The number of alkyl halides is 3. The van der Waals surface area contributed by atoms with Crippen molar-refractivity contribution in [1.29, 1.82) is 0 Å². The fourth-order valence-corrected chi connectivity index (χ4v) is 3.33. The molecule has 0 atom stereocenters. The van der Waals surface area contributed by atoms with Gasteiger partial charge in [0.05, 0.1) is 42.7 Å². The van der Waals surface area contributed by atoms with Crippen molar-refractivity contribution in [2.75, 3.05) is 18.6 Å². The zero-order valence-electron chi connectivity index (χ0n) is 17.3. The van der Waals surface area contributed by atoms with E-state index in [-0.39, 0.29) is 11.4 Å². The smallest absolute Gasteiger partial charge is 0.390 e. The quantitative estimate of drug-likeness (QED) is 0.379. The molecule has 0 aliphatic carbocycles. The highest BCUT2D eigenvalue weighted by Gasteiger charge is 2.28. The van der Waals surface area contributed by atoms with Crippen LogP contribution >= 0.6 is 0 Å². The molecule has 2 aromatic heterocycles. The number of benzene rings is 2. The first-order valence-electron chi connectivity index (χ1n) is 9.66. The number of nitrogens with zero attached hydrogens (tertiary/aromatic N) is 5. The fourth-order valence-electron chi connectivity index (χ4n) is 3.33. The zero-order chi connectivity index (χ0) is 22.9. The van der Waals surface area contributed by atoms with Crippen LogP contribution in [0.25, 0.3) is 22.3 Å². The minimum atomic E-state index is -4.38. The molecule has 6 nitrogen and oxygen atoms in total. The Hall–Kier alpha value is -3.69. The first-order chi connectivity index (χ1) is 15.2. The second-order valence-electron chi connectivity index (χ2n) is 7.20. The molecule has 0 amide bonds. The van der Waals surface area contributed by atoms with Crippen LogP contribution in [0.15, 0.2) is 55.0 Å². The maximum Gasteiger partial charge on any atom is 0.390 e. The van der Waals surface area contributed by atoms with E-state index in [1.807, 2.05) is 0 Å². The van der Waals surface area contributed by atoms with Crippen molar-refractivity contribution in [1.82, 2.24) is 19.7 Å². The molecule has 0 aliphatic heterocycles. The van der Waals surface area contributed by atoms with Gasteiger partial charge in [0, 0.05) is 48.9 Å². The summed E-state index contributed by atoms with van der Waals surface area (Å²) in [5.74, 6) is -0.410. The van der Waals surface area contributed by atoms with Crippen LogP contribution in [0.2, 0.25) is 0 Å². The van der Waals surface area contributed by atoms with Crippen molar-refractivity contribution in [2.45, 2.75) is 12.6 Å². The fraction of sp³-hybridized carbons (Fsp3) is 0.227. The number of methoxy groups -OCH3 is 1. The molecule has 0 spiro atoms. The van der Waals surface area contributed by atoms with E-state index in [1.54, 1.807) is 48.5 Å². The zero-order valence-corrected chi connectivity index (χ0v) is 17.3. The van der Waals surface area contributed by atoms with E-state index in [0.29, 0.717) is 22.4 Å². The summed E-state index contributed by atoms with van der Waals surface area (Å²) in [6, 6.07) is 8.76. The first-order valence-corrected chi connectivity index (χ1v) is 9.66. The van der Waals surface area contributed by atoms with Gasteiger partial charge in [-0.2, -0.15) is 18.3 Å². The van der Waals surface area contributed by atoms with Crippen LogP contribution in [0.4, 0.5) is 28.9 Å². The van der Waals surface area contributed by atoms with Crippen LogP contribution in [0.5, 0.6) is 5.75 Å². The molecular formula is C22H19F4N5O. The number of ether oxygens (including phenoxy) is 1. The van der Waals surface area contributed by atoms with Gasteiger partial charge >= 0.3 is 6.18 Å². The average molecular weight is 445 g/mol. The minimum absolute atomic E-state index is 0.205. The third kappa shape index (κ3) is 4.79. The Bertz CT molecular complexity index is 1250. The van der Waals surface area contributed by atoms with Gasteiger partial charge in [-0.25, -0.2) is 9.37 Å². The van der Waals surface area contributed by atoms with Gasteiger partial charge in [0.25, 0.3) is 0 Å². The number of halogens is 4. The van der Waals surface area contributed by atoms with Crippen molar-refractivity contribution >= 4 is 22.4 Å². The topological polar surface area (TPSA) is 56.1 Å². The summed E-state index contributed by atoms with van der Waals surface area (Å²) < 4.78 is 59.9. The van der Waals surface area contributed by atoms with Crippen LogP contribution in [0.1, 0.15) is 6.42 Å². The number of aryl methyl sites for hydroxylation is 1. The summed E-state index contributed by atoms with van der Waals surface area (Å²) in [6.45, 7) is -0.405. The number of rotatable bonds is 6. The normalized spacial score (nSPS) is 11.7. The molecule has 0 N–H and O–H groups in total.